The van der Waals surface area contributed by atoms with Crippen molar-refractivity contribution in [1.29, 1.82) is 0 Å². The standard InChI is InChI=1S/C22H16FN3O2/c23-18-10-4-1-7-15(18)13-24-21(27)17-9-3-6-12-20(17)26-14-25-19-11-5-2-8-16(19)22(26)28/h1-12,14H,13H2,(H,24,27). The molecule has 0 radical (unpaired) electrons. The van der Waals surface area contributed by atoms with E-state index in [1.54, 1.807) is 60.7 Å². The van der Waals surface area contributed by atoms with Crippen LogP contribution < -0.4 is 10.9 Å². The molecule has 5 nitrogen and oxygen atoms in total. The molecule has 0 saturated carbocycles. The maximum absolute atomic E-state index is 13.8. The zero-order chi connectivity index (χ0) is 19.5. The van der Waals surface area contributed by atoms with Crippen molar-refractivity contribution in [3.63, 3.8) is 0 Å². The predicted octanol–water partition coefficient (Wildman–Crippen LogP) is 3.45. The van der Waals surface area contributed by atoms with Crippen LogP contribution in [0.3, 0.4) is 0 Å². The summed E-state index contributed by atoms with van der Waals surface area (Å²) in [6.45, 7) is 0.0463. The number of para-hydroxylation sites is 2. The molecule has 4 rings (SSSR count). The van der Waals surface area contributed by atoms with Crippen molar-refractivity contribution in [2.24, 2.45) is 0 Å². The first kappa shape index (κ1) is 17.6. The van der Waals surface area contributed by atoms with Crippen LogP contribution in [0, 0.1) is 5.82 Å². The van der Waals surface area contributed by atoms with E-state index in [9.17, 15) is 14.0 Å². The van der Waals surface area contributed by atoms with Gasteiger partial charge in [0.1, 0.15) is 12.1 Å². The number of aromatic nitrogens is 2. The molecule has 1 amide bonds. The first-order valence-corrected chi connectivity index (χ1v) is 8.72. The Bertz CT molecular complexity index is 1230. The molecule has 1 N–H and O–H groups in total. The van der Waals surface area contributed by atoms with E-state index in [2.05, 4.69) is 10.3 Å². The molecule has 1 heterocycles. The van der Waals surface area contributed by atoms with Gasteiger partial charge in [0, 0.05) is 12.1 Å². The quantitative estimate of drug-likeness (QED) is 0.596. The molecule has 0 aliphatic carbocycles. The number of nitrogens with one attached hydrogen (secondary N) is 1. The Morgan fingerprint density at radius 1 is 0.964 bits per heavy atom. The lowest BCUT2D eigenvalue weighted by molar-refractivity contribution is 0.0950. The first-order valence-electron chi connectivity index (χ1n) is 8.72. The number of nitrogens with zero attached hydrogens (tertiary/aromatic N) is 2. The number of carbonyl (C=O) groups excluding carboxylic acids is 1. The molecule has 1 aromatic heterocycles. The first-order chi connectivity index (χ1) is 13.6. The van der Waals surface area contributed by atoms with Crippen molar-refractivity contribution in [3.05, 3.63) is 106 Å². The highest BCUT2D eigenvalue weighted by Crippen LogP contribution is 2.15. The van der Waals surface area contributed by atoms with E-state index in [4.69, 9.17) is 0 Å². The maximum Gasteiger partial charge on any atom is 0.265 e. The normalized spacial score (nSPS) is 10.8. The number of amides is 1. The summed E-state index contributed by atoms with van der Waals surface area (Å²) in [6.07, 6.45) is 1.41. The van der Waals surface area contributed by atoms with Crippen LogP contribution in [0.2, 0.25) is 0 Å². The molecule has 6 heteroatoms. The summed E-state index contributed by atoms with van der Waals surface area (Å²) < 4.78 is 15.1. The Hall–Kier alpha value is -3.80. The summed E-state index contributed by atoms with van der Waals surface area (Å²) in [4.78, 5) is 29.9. The molecular formula is C22H16FN3O2. The van der Waals surface area contributed by atoms with Gasteiger partial charge in [0.05, 0.1) is 22.2 Å². The van der Waals surface area contributed by atoms with Gasteiger partial charge in [-0.3, -0.25) is 14.2 Å². The van der Waals surface area contributed by atoms with Crippen LogP contribution in [0.25, 0.3) is 16.6 Å². The Morgan fingerprint density at radius 3 is 2.54 bits per heavy atom. The number of benzene rings is 3. The zero-order valence-corrected chi connectivity index (χ0v) is 14.8. The van der Waals surface area contributed by atoms with Crippen LogP contribution in [0.1, 0.15) is 15.9 Å². The van der Waals surface area contributed by atoms with Crippen LogP contribution in [-0.2, 0) is 6.54 Å². The smallest absolute Gasteiger partial charge is 0.265 e. The third kappa shape index (κ3) is 3.27. The molecule has 28 heavy (non-hydrogen) atoms. The lowest BCUT2D eigenvalue weighted by Gasteiger charge is -2.12. The molecule has 0 unspecified atom stereocenters. The molecule has 0 aliphatic rings. The van der Waals surface area contributed by atoms with Gasteiger partial charge in [-0.25, -0.2) is 9.37 Å². The van der Waals surface area contributed by atoms with Crippen LogP contribution in [0.5, 0.6) is 0 Å². The maximum atomic E-state index is 13.8. The summed E-state index contributed by atoms with van der Waals surface area (Å²) in [6, 6.07) is 20.0. The summed E-state index contributed by atoms with van der Waals surface area (Å²) in [7, 11) is 0. The van der Waals surface area contributed by atoms with Crippen molar-refractivity contribution in [2.45, 2.75) is 6.54 Å². The van der Waals surface area contributed by atoms with Crippen molar-refractivity contribution >= 4 is 16.8 Å². The lowest BCUT2D eigenvalue weighted by Crippen LogP contribution is -2.27. The van der Waals surface area contributed by atoms with E-state index >= 15 is 0 Å². The largest absolute Gasteiger partial charge is 0.348 e. The number of hydrogen-bond donors (Lipinski definition) is 1. The summed E-state index contributed by atoms with van der Waals surface area (Å²) in [5.41, 5.74) is 1.43. The second-order valence-corrected chi connectivity index (χ2v) is 6.23. The fourth-order valence-electron chi connectivity index (χ4n) is 3.03. The Balaban J connectivity index is 1.70. The van der Waals surface area contributed by atoms with Crippen LogP contribution in [0.4, 0.5) is 4.39 Å². The van der Waals surface area contributed by atoms with E-state index in [0.29, 0.717) is 27.7 Å². The topological polar surface area (TPSA) is 64.0 Å². The number of hydrogen-bond acceptors (Lipinski definition) is 3. The minimum Gasteiger partial charge on any atom is -0.348 e. The van der Waals surface area contributed by atoms with Gasteiger partial charge in [0.25, 0.3) is 11.5 Å². The van der Waals surface area contributed by atoms with Crippen LogP contribution in [-0.4, -0.2) is 15.5 Å². The minimum absolute atomic E-state index is 0.0463. The fraction of sp³-hybridized carbons (Fsp3) is 0.0455. The van der Waals surface area contributed by atoms with Crippen molar-refractivity contribution in [3.8, 4) is 5.69 Å². The van der Waals surface area contributed by atoms with Gasteiger partial charge in [-0.05, 0) is 30.3 Å². The molecule has 4 aromatic rings. The molecule has 0 aliphatic heterocycles. The molecule has 138 valence electrons. The predicted molar refractivity (Wildman–Crippen MR) is 105 cm³/mol. The SMILES string of the molecule is O=C(NCc1ccccc1F)c1ccccc1-n1cnc2ccccc2c1=O. The summed E-state index contributed by atoms with van der Waals surface area (Å²) >= 11 is 0. The average Bonchev–Trinajstić information content (AvgIpc) is 2.73. The highest BCUT2D eigenvalue weighted by molar-refractivity contribution is 5.97. The Labute approximate surface area is 160 Å². The van der Waals surface area contributed by atoms with E-state index < -0.39 is 5.91 Å². The molecule has 0 saturated heterocycles. The van der Waals surface area contributed by atoms with Crippen LogP contribution >= 0.6 is 0 Å². The minimum atomic E-state index is -0.404. The van der Waals surface area contributed by atoms with Gasteiger partial charge in [0.2, 0.25) is 0 Å². The lowest BCUT2D eigenvalue weighted by atomic mass is 10.1. The molecule has 0 fully saturated rings. The Kier molecular flexibility index (Phi) is 4.68. The molecule has 0 spiro atoms. The molecular weight excluding hydrogens is 357 g/mol. The van der Waals surface area contributed by atoms with E-state index in [-0.39, 0.29) is 17.9 Å². The fourth-order valence-corrected chi connectivity index (χ4v) is 3.03. The van der Waals surface area contributed by atoms with Crippen LogP contribution in [0.15, 0.2) is 83.9 Å². The molecule has 3 aromatic carbocycles. The number of halogens is 1. The second-order valence-electron chi connectivity index (χ2n) is 6.23. The monoisotopic (exact) mass is 373 g/mol. The summed E-state index contributed by atoms with van der Waals surface area (Å²) in [5.74, 6) is -0.787. The number of carbonyl (C=O) groups is 1. The van der Waals surface area contributed by atoms with Gasteiger partial charge in [-0.2, -0.15) is 0 Å². The molecule has 0 bridgehead atoms. The highest BCUT2D eigenvalue weighted by Gasteiger charge is 2.15. The Morgan fingerprint density at radius 2 is 1.68 bits per heavy atom. The second kappa shape index (κ2) is 7.44. The van der Waals surface area contributed by atoms with E-state index in [1.165, 1.54) is 17.0 Å². The number of rotatable bonds is 4. The highest BCUT2D eigenvalue weighted by atomic mass is 19.1. The van der Waals surface area contributed by atoms with Gasteiger partial charge < -0.3 is 5.32 Å². The summed E-state index contributed by atoms with van der Waals surface area (Å²) in [5, 5.41) is 3.17. The van der Waals surface area contributed by atoms with E-state index in [1.807, 2.05) is 6.07 Å². The average molecular weight is 373 g/mol. The number of fused-ring (bicyclic) bond motifs is 1. The third-order valence-corrected chi connectivity index (χ3v) is 4.47. The van der Waals surface area contributed by atoms with Crippen molar-refractivity contribution < 1.29 is 9.18 Å². The van der Waals surface area contributed by atoms with E-state index in [0.717, 1.165) is 0 Å². The third-order valence-electron chi connectivity index (χ3n) is 4.47. The van der Waals surface area contributed by atoms with Crippen molar-refractivity contribution in [1.82, 2.24) is 14.9 Å². The van der Waals surface area contributed by atoms with Gasteiger partial charge in [0.15, 0.2) is 0 Å². The van der Waals surface area contributed by atoms with Gasteiger partial charge in [-0.15, -0.1) is 0 Å². The zero-order valence-electron chi connectivity index (χ0n) is 14.8. The molecule has 0 atom stereocenters. The van der Waals surface area contributed by atoms with Gasteiger partial charge in [-0.1, -0.05) is 42.5 Å². The van der Waals surface area contributed by atoms with Gasteiger partial charge >= 0.3 is 0 Å². The van der Waals surface area contributed by atoms with Crippen molar-refractivity contribution in [2.75, 3.05) is 0 Å².